The molecule has 0 radical (unpaired) electrons. The smallest absolute Gasteiger partial charge is 0.419 e. The summed E-state index contributed by atoms with van der Waals surface area (Å²) in [5, 5.41) is 3.17. The average molecular weight is 303 g/mol. The van der Waals surface area contributed by atoms with E-state index in [-0.39, 0.29) is 17.8 Å². The lowest BCUT2D eigenvalue weighted by Gasteiger charge is -2.34. The molecule has 1 aliphatic heterocycles. The van der Waals surface area contributed by atoms with Crippen LogP contribution in [0.3, 0.4) is 0 Å². The molecule has 6 heteroatoms. The molecule has 0 aromatic heterocycles. The maximum absolute atomic E-state index is 13.0. The Balaban J connectivity index is 2.21. The van der Waals surface area contributed by atoms with Crippen molar-refractivity contribution in [3.8, 4) is 5.75 Å². The van der Waals surface area contributed by atoms with E-state index in [1.54, 1.807) is 6.07 Å². The monoisotopic (exact) mass is 303 g/mol. The lowest BCUT2D eigenvalue weighted by Crippen LogP contribution is -2.49. The number of rotatable bonds is 4. The number of ether oxygens (including phenoxy) is 2. The van der Waals surface area contributed by atoms with Crippen molar-refractivity contribution in [3.05, 3.63) is 29.8 Å². The summed E-state index contributed by atoms with van der Waals surface area (Å²) in [5.41, 5.74) is -0.751. The standard InChI is InChI=1S/C15H20F3NO2/c1-10(2)14(13-9-19-7-8-20-13)21-12-6-4-3-5-11(12)15(16,17)18/h3-6,10,13-14,19H,7-9H2,1-2H3. The molecule has 118 valence electrons. The predicted octanol–water partition coefficient (Wildman–Crippen LogP) is 3.10. The van der Waals surface area contributed by atoms with Gasteiger partial charge in [-0.25, -0.2) is 0 Å². The first kappa shape index (κ1) is 16.1. The van der Waals surface area contributed by atoms with Crippen LogP contribution < -0.4 is 10.1 Å². The van der Waals surface area contributed by atoms with Crippen LogP contribution in [0.1, 0.15) is 19.4 Å². The Morgan fingerprint density at radius 3 is 2.57 bits per heavy atom. The van der Waals surface area contributed by atoms with E-state index in [1.807, 2.05) is 13.8 Å². The molecule has 0 amide bonds. The van der Waals surface area contributed by atoms with E-state index in [2.05, 4.69) is 5.32 Å². The summed E-state index contributed by atoms with van der Waals surface area (Å²) in [7, 11) is 0. The number of hydrogen-bond donors (Lipinski definition) is 1. The van der Waals surface area contributed by atoms with Gasteiger partial charge in [-0.1, -0.05) is 26.0 Å². The lowest BCUT2D eigenvalue weighted by molar-refractivity contribution is -0.140. The zero-order valence-corrected chi connectivity index (χ0v) is 12.1. The number of nitrogens with one attached hydrogen (secondary N) is 1. The van der Waals surface area contributed by atoms with Crippen LogP contribution in [-0.4, -0.2) is 31.9 Å². The fraction of sp³-hybridized carbons (Fsp3) is 0.600. The van der Waals surface area contributed by atoms with E-state index in [0.29, 0.717) is 13.2 Å². The van der Waals surface area contributed by atoms with Gasteiger partial charge < -0.3 is 14.8 Å². The predicted molar refractivity (Wildman–Crippen MR) is 73.3 cm³/mol. The van der Waals surface area contributed by atoms with Crippen molar-refractivity contribution in [3.63, 3.8) is 0 Å². The molecule has 1 aliphatic rings. The van der Waals surface area contributed by atoms with Gasteiger partial charge in [0.05, 0.1) is 12.2 Å². The summed E-state index contributed by atoms with van der Waals surface area (Å²) < 4.78 is 50.4. The van der Waals surface area contributed by atoms with Gasteiger partial charge in [-0.2, -0.15) is 13.2 Å². The highest BCUT2D eigenvalue weighted by molar-refractivity contribution is 5.35. The Kier molecular flexibility index (Phi) is 5.11. The van der Waals surface area contributed by atoms with E-state index in [0.717, 1.165) is 12.6 Å². The van der Waals surface area contributed by atoms with E-state index < -0.39 is 17.8 Å². The molecule has 2 unspecified atom stereocenters. The second kappa shape index (κ2) is 6.66. The first-order valence-corrected chi connectivity index (χ1v) is 7.05. The molecule has 1 heterocycles. The number of benzene rings is 1. The minimum atomic E-state index is -4.43. The van der Waals surface area contributed by atoms with Crippen LogP contribution in [0.25, 0.3) is 0 Å². The summed E-state index contributed by atoms with van der Waals surface area (Å²) in [6.45, 7) is 5.70. The Morgan fingerprint density at radius 1 is 1.29 bits per heavy atom. The Morgan fingerprint density at radius 2 is 2.00 bits per heavy atom. The molecule has 1 aromatic carbocycles. The van der Waals surface area contributed by atoms with E-state index in [9.17, 15) is 13.2 Å². The molecule has 2 atom stereocenters. The van der Waals surface area contributed by atoms with E-state index in [4.69, 9.17) is 9.47 Å². The summed E-state index contributed by atoms with van der Waals surface area (Å²) in [4.78, 5) is 0. The second-order valence-corrected chi connectivity index (χ2v) is 5.43. The van der Waals surface area contributed by atoms with Crippen LogP contribution >= 0.6 is 0 Å². The minimum absolute atomic E-state index is 0.0381. The Bertz CT molecular complexity index is 456. The van der Waals surface area contributed by atoms with Gasteiger partial charge in [0.2, 0.25) is 0 Å². The van der Waals surface area contributed by atoms with Gasteiger partial charge in [-0.15, -0.1) is 0 Å². The molecule has 1 saturated heterocycles. The van der Waals surface area contributed by atoms with Crippen LogP contribution in [-0.2, 0) is 10.9 Å². The first-order valence-electron chi connectivity index (χ1n) is 7.05. The number of para-hydroxylation sites is 1. The SMILES string of the molecule is CC(C)C(Oc1ccccc1C(F)(F)F)C1CNCCO1. The van der Waals surface area contributed by atoms with Gasteiger partial charge in [0.25, 0.3) is 0 Å². The van der Waals surface area contributed by atoms with Crippen molar-refractivity contribution in [2.24, 2.45) is 5.92 Å². The Labute approximate surface area is 122 Å². The third kappa shape index (κ3) is 4.11. The summed E-state index contributed by atoms with van der Waals surface area (Å²) in [6, 6.07) is 5.29. The molecule has 1 N–H and O–H groups in total. The zero-order chi connectivity index (χ0) is 15.5. The van der Waals surface area contributed by atoms with Gasteiger partial charge in [0, 0.05) is 13.1 Å². The average Bonchev–Trinajstić information content (AvgIpc) is 2.44. The number of alkyl halides is 3. The van der Waals surface area contributed by atoms with Gasteiger partial charge in [0.15, 0.2) is 0 Å². The van der Waals surface area contributed by atoms with E-state index in [1.165, 1.54) is 12.1 Å². The second-order valence-electron chi connectivity index (χ2n) is 5.43. The van der Waals surface area contributed by atoms with Crippen molar-refractivity contribution in [1.82, 2.24) is 5.32 Å². The third-order valence-electron chi connectivity index (χ3n) is 3.44. The molecule has 0 saturated carbocycles. The summed E-state index contributed by atoms with van der Waals surface area (Å²) >= 11 is 0. The summed E-state index contributed by atoms with van der Waals surface area (Å²) in [5.74, 6) is -0.103. The van der Waals surface area contributed by atoms with Crippen LogP contribution in [0.2, 0.25) is 0 Å². The zero-order valence-electron chi connectivity index (χ0n) is 12.1. The molecule has 0 bridgehead atoms. The topological polar surface area (TPSA) is 30.5 Å². The van der Waals surface area contributed by atoms with Crippen molar-refractivity contribution in [1.29, 1.82) is 0 Å². The fourth-order valence-electron chi connectivity index (χ4n) is 2.39. The molecule has 21 heavy (non-hydrogen) atoms. The molecule has 2 rings (SSSR count). The molecular formula is C15H20F3NO2. The van der Waals surface area contributed by atoms with Crippen LogP contribution in [0.5, 0.6) is 5.75 Å². The highest BCUT2D eigenvalue weighted by Gasteiger charge is 2.36. The third-order valence-corrected chi connectivity index (χ3v) is 3.44. The van der Waals surface area contributed by atoms with Crippen molar-refractivity contribution in [2.75, 3.05) is 19.7 Å². The highest BCUT2D eigenvalue weighted by Crippen LogP contribution is 2.37. The quantitative estimate of drug-likeness (QED) is 0.927. The van der Waals surface area contributed by atoms with Crippen LogP contribution in [0.4, 0.5) is 13.2 Å². The molecule has 0 aliphatic carbocycles. The van der Waals surface area contributed by atoms with Crippen LogP contribution in [0.15, 0.2) is 24.3 Å². The maximum atomic E-state index is 13.0. The number of morpholine rings is 1. The van der Waals surface area contributed by atoms with Crippen molar-refractivity contribution >= 4 is 0 Å². The van der Waals surface area contributed by atoms with Crippen LogP contribution in [0, 0.1) is 5.92 Å². The molecule has 3 nitrogen and oxygen atoms in total. The number of halogens is 3. The number of hydrogen-bond acceptors (Lipinski definition) is 3. The fourth-order valence-corrected chi connectivity index (χ4v) is 2.39. The highest BCUT2D eigenvalue weighted by atomic mass is 19.4. The van der Waals surface area contributed by atoms with E-state index >= 15 is 0 Å². The molecule has 1 aromatic rings. The van der Waals surface area contributed by atoms with Gasteiger partial charge >= 0.3 is 6.18 Å². The Hall–Kier alpha value is -1.27. The van der Waals surface area contributed by atoms with Gasteiger partial charge in [-0.05, 0) is 18.1 Å². The molecule has 1 fully saturated rings. The summed E-state index contributed by atoms with van der Waals surface area (Å²) in [6.07, 6.45) is -5.11. The largest absolute Gasteiger partial charge is 0.487 e. The molecular weight excluding hydrogens is 283 g/mol. The first-order chi connectivity index (χ1) is 9.89. The van der Waals surface area contributed by atoms with Gasteiger partial charge in [-0.3, -0.25) is 0 Å². The molecule has 0 spiro atoms. The maximum Gasteiger partial charge on any atom is 0.419 e. The lowest BCUT2D eigenvalue weighted by atomic mass is 10.0. The van der Waals surface area contributed by atoms with Crippen molar-refractivity contribution < 1.29 is 22.6 Å². The normalized spacial score (nSPS) is 21.3. The van der Waals surface area contributed by atoms with Gasteiger partial charge in [0.1, 0.15) is 18.0 Å². The minimum Gasteiger partial charge on any atom is -0.487 e. The van der Waals surface area contributed by atoms with Crippen molar-refractivity contribution in [2.45, 2.75) is 32.2 Å².